The summed E-state index contributed by atoms with van der Waals surface area (Å²) in [5, 5.41) is 0.437. The van der Waals surface area contributed by atoms with Crippen LogP contribution in [0.3, 0.4) is 0 Å². The maximum Gasteiger partial charge on any atom is 0.400 e. The molecular formula is C16H14N2O5. The van der Waals surface area contributed by atoms with Gasteiger partial charge in [0.15, 0.2) is 0 Å². The van der Waals surface area contributed by atoms with Gasteiger partial charge in [0.05, 0.1) is 17.3 Å². The number of oxazole rings is 1. The quantitative estimate of drug-likeness (QED) is 0.790. The Kier molecular flexibility index (Phi) is 3.28. The van der Waals surface area contributed by atoms with Gasteiger partial charge < -0.3 is 9.25 Å². The first-order chi connectivity index (χ1) is 10.8. The van der Waals surface area contributed by atoms with Gasteiger partial charge in [-0.1, -0.05) is 38.0 Å². The third-order valence-corrected chi connectivity index (χ3v) is 3.28. The first kappa shape index (κ1) is 15.0. The first-order valence-corrected chi connectivity index (χ1v) is 6.95. The summed E-state index contributed by atoms with van der Waals surface area (Å²) in [5.74, 6) is -2.15. The fourth-order valence-electron chi connectivity index (χ4n) is 2.09. The summed E-state index contributed by atoms with van der Waals surface area (Å²) in [5.41, 5.74) is 0.00475. The number of hydroxylamine groups is 2. The summed E-state index contributed by atoms with van der Waals surface area (Å²) in [7, 11) is 0. The number of imide groups is 1. The summed E-state index contributed by atoms with van der Waals surface area (Å²) in [4.78, 5) is 45.2. The highest BCUT2D eigenvalue weighted by molar-refractivity contribution is 6.21. The van der Waals surface area contributed by atoms with E-state index in [2.05, 4.69) is 4.98 Å². The molecule has 0 radical (unpaired) electrons. The molecule has 1 aromatic carbocycles. The van der Waals surface area contributed by atoms with Gasteiger partial charge in [0, 0.05) is 5.41 Å². The average Bonchev–Trinajstić information content (AvgIpc) is 3.08. The molecule has 118 valence electrons. The fraction of sp³-hybridized carbons (Fsp3) is 0.250. The van der Waals surface area contributed by atoms with E-state index < -0.39 is 17.8 Å². The van der Waals surface area contributed by atoms with Gasteiger partial charge in [-0.3, -0.25) is 9.59 Å². The lowest BCUT2D eigenvalue weighted by Crippen LogP contribution is -2.32. The van der Waals surface area contributed by atoms with E-state index in [0.717, 1.165) is 0 Å². The van der Waals surface area contributed by atoms with E-state index >= 15 is 0 Å². The van der Waals surface area contributed by atoms with E-state index in [1.165, 1.54) is 18.3 Å². The van der Waals surface area contributed by atoms with Gasteiger partial charge in [0.2, 0.25) is 11.7 Å². The highest BCUT2D eigenvalue weighted by Gasteiger charge is 2.39. The second-order valence-electron chi connectivity index (χ2n) is 6.11. The van der Waals surface area contributed by atoms with E-state index in [9.17, 15) is 14.4 Å². The molecule has 3 rings (SSSR count). The molecule has 0 fully saturated rings. The van der Waals surface area contributed by atoms with Gasteiger partial charge in [-0.05, 0) is 12.1 Å². The zero-order valence-corrected chi connectivity index (χ0v) is 12.8. The van der Waals surface area contributed by atoms with Crippen LogP contribution in [-0.4, -0.2) is 27.8 Å². The van der Waals surface area contributed by atoms with Crippen molar-refractivity contribution in [1.29, 1.82) is 0 Å². The van der Waals surface area contributed by atoms with E-state index in [-0.39, 0.29) is 22.3 Å². The molecular weight excluding hydrogens is 300 g/mol. The topological polar surface area (TPSA) is 89.7 Å². The van der Waals surface area contributed by atoms with Crippen molar-refractivity contribution in [1.82, 2.24) is 10.0 Å². The van der Waals surface area contributed by atoms with Crippen molar-refractivity contribution in [2.24, 2.45) is 0 Å². The van der Waals surface area contributed by atoms with Gasteiger partial charge in [-0.25, -0.2) is 9.78 Å². The van der Waals surface area contributed by atoms with Crippen LogP contribution >= 0.6 is 0 Å². The summed E-state index contributed by atoms with van der Waals surface area (Å²) in [6.45, 7) is 5.62. The number of hydrogen-bond acceptors (Lipinski definition) is 6. The van der Waals surface area contributed by atoms with Crippen molar-refractivity contribution < 1.29 is 23.6 Å². The maximum atomic E-state index is 12.1. The lowest BCUT2D eigenvalue weighted by atomic mass is 9.97. The minimum atomic E-state index is -0.956. The maximum absolute atomic E-state index is 12.1. The van der Waals surface area contributed by atoms with Crippen LogP contribution in [0.4, 0.5) is 0 Å². The highest BCUT2D eigenvalue weighted by atomic mass is 16.7. The Bertz CT molecular complexity index is 781. The van der Waals surface area contributed by atoms with Crippen LogP contribution < -0.4 is 0 Å². The van der Waals surface area contributed by atoms with E-state index in [1.807, 2.05) is 20.8 Å². The van der Waals surface area contributed by atoms with Crippen LogP contribution in [0.25, 0.3) is 0 Å². The summed E-state index contributed by atoms with van der Waals surface area (Å²) >= 11 is 0. The van der Waals surface area contributed by atoms with Crippen molar-refractivity contribution in [2.75, 3.05) is 0 Å². The number of carbonyl (C=O) groups excluding carboxylic acids is 3. The van der Waals surface area contributed by atoms with Gasteiger partial charge in [0.1, 0.15) is 0 Å². The second-order valence-corrected chi connectivity index (χ2v) is 6.11. The molecule has 0 unspecified atom stereocenters. The van der Waals surface area contributed by atoms with Crippen LogP contribution in [0.1, 0.15) is 57.9 Å². The van der Waals surface area contributed by atoms with Crippen molar-refractivity contribution in [3.05, 3.63) is 53.2 Å². The molecule has 0 atom stereocenters. The molecule has 7 nitrogen and oxygen atoms in total. The van der Waals surface area contributed by atoms with Crippen LogP contribution in [-0.2, 0) is 10.3 Å². The van der Waals surface area contributed by atoms with Gasteiger partial charge >= 0.3 is 5.97 Å². The van der Waals surface area contributed by atoms with Crippen molar-refractivity contribution in [2.45, 2.75) is 26.2 Å². The van der Waals surface area contributed by atoms with Gasteiger partial charge in [-0.15, -0.1) is 0 Å². The molecule has 2 amide bonds. The number of amides is 2. The molecule has 7 heteroatoms. The Morgan fingerprint density at radius 3 is 2.17 bits per heavy atom. The Morgan fingerprint density at radius 2 is 1.70 bits per heavy atom. The molecule has 1 aliphatic heterocycles. The number of carbonyl (C=O) groups is 3. The lowest BCUT2D eigenvalue weighted by molar-refractivity contribution is -0.0604. The number of hydrogen-bond donors (Lipinski definition) is 0. The summed E-state index contributed by atoms with van der Waals surface area (Å²) in [6, 6.07) is 6.24. The van der Waals surface area contributed by atoms with E-state index in [4.69, 9.17) is 9.25 Å². The smallest absolute Gasteiger partial charge is 0.400 e. The molecule has 2 heterocycles. The van der Waals surface area contributed by atoms with Crippen LogP contribution in [0.15, 0.2) is 34.9 Å². The van der Waals surface area contributed by atoms with Gasteiger partial charge in [0.25, 0.3) is 11.8 Å². The second kappa shape index (κ2) is 5.05. The Hall–Kier alpha value is -2.96. The zero-order chi connectivity index (χ0) is 16.8. The van der Waals surface area contributed by atoms with Crippen LogP contribution in [0, 0.1) is 0 Å². The molecule has 1 aliphatic rings. The Balaban J connectivity index is 1.81. The third kappa shape index (κ3) is 2.50. The summed E-state index contributed by atoms with van der Waals surface area (Å²) in [6.07, 6.45) is 1.21. The van der Waals surface area contributed by atoms with E-state index in [0.29, 0.717) is 11.0 Å². The standard InChI is InChI=1S/C16H14N2O5/c1-16(2,3)15-17-8-11(22-15)14(21)23-18-12(19)9-6-4-5-7-10(9)13(18)20/h4-8H,1-3H3. The fourth-order valence-corrected chi connectivity index (χ4v) is 2.09. The minimum Gasteiger partial charge on any atom is -0.433 e. The zero-order valence-electron chi connectivity index (χ0n) is 12.8. The Morgan fingerprint density at radius 1 is 1.13 bits per heavy atom. The molecule has 0 aliphatic carbocycles. The molecule has 1 aromatic heterocycles. The normalized spacial score (nSPS) is 14.1. The highest BCUT2D eigenvalue weighted by Crippen LogP contribution is 2.25. The largest absolute Gasteiger partial charge is 0.433 e. The molecule has 2 aromatic rings. The first-order valence-electron chi connectivity index (χ1n) is 6.95. The van der Waals surface area contributed by atoms with Crippen LogP contribution in [0.2, 0.25) is 0 Å². The molecule has 0 N–H and O–H groups in total. The number of fused-ring (bicyclic) bond motifs is 1. The minimum absolute atomic E-state index is 0.175. The molecule has 0 saturated heterocycles. The van der Waals surface area contributed by atoms with Crippen LogP contribution in [0.5, 0.6) is 0 Å². The molecule has 0 saturated carbocycles. The van der Waals surface area contributed by atoms with E-state index in [1.54, 1.807) is 12.1 Å². The number of rotatable bonds is 2. The predicted molar refractivity (Wildman–Crippen MR) is 77.6 cm³/mol. The SMILES string of the molecule is CC(C)(C)c1ncc(C(=O)ON2C(=O)c3ccccc3C2=O)o1. The van der Waals surface area contributed by atoms with Gasteiger partial charge in [-0.2, -0.15) is 0 Å². The average molecular weight is 314 g/mol. The Labute approximate surface area is 131 Å². The van der Waals surface area contributed by atoms with Crippen molar-refractivity contribution in [3.63, 3.8) is 0 Å². The van der Waals surface area contributed by atoms with Crippen molar-refractivity contribution >= 4 is 17.8 Å². The molecule has 23 heavy (non-hydrogen) atoms. The predicted octanol–water partition coefficient (Wildman–Crippen LogP) is 2.34. The third-order valence-electron chi connectivity index (χ3n) is 3.28. The molecule has 0 bridgehead atoms. The lowest BCUT2D eigenvalue weighted by Gasteiger charge is -2.13. The number of aromatic nitrogens is 1. The monoisotopic (exact) mass is 314 g/mol. The number of benzene rings is 1. The summed E-state index contributed by atoms with van der Waals surface area (Å²) < 4.78 is 5.33. The molecule has 0 spiro atoms. The van der Waals surface area contributed by atoms with Crippen molar-refractivity contribution in [3.8, 4) is 0 Å². The number of nitrogens with zero attached hydrogens (tertiary/aromatic N) is 2.